The largest absolute Gasteiger partial charge is 0.383 e. The quantitative estimate of drug-likeness (QED) is 0.406. The molecule has 1 unspecified atom stereocenters. The SMILES string of the molecule is Cn1cc(-c2ccc(C3CCn4c3c(C(N)=O)c(=O)n4-c3ccccc3)cc2F)c2c(N)ncnc21. The average molecular weight is 484 g/mol. The summed E-state index contributed by atoms with van der Waals surface area (Å²) in [7, 11) is 1.81. The number of nitrogen functional groups attached to an aromatic ring is 1. The number of hydrogen-bond acceptors (Lipinski definition) is 5. The molecule has 0 saturated heterocycles. The van der Waals surface area contributed by atoms with Crippen molar-refractivity contribution >= 4 is 22.8 Å². The topological polar surface area (TPSA) is 127 Å². The fourth-order valence-corrected chi connectivity index (χ4v) is 5.31. The number of rotatable bonds is 4. The molecule has 1 aliphatic heterocycles. The van der Waals surface area contributed by atoms with Crippen molar-refractivity contribution in [3.63, 3.8) is 0 Å². The zero-order valence-corrected chi connectivity index (χ0v) is 19.4. The number of benzene rings is 2. The van der Waals surface area contributed by atoms with Crippen LogP contribution in [0.15, 0.2) is 65.8 Å². The third-order valence-corrected chi connectivity index (χ3v) is 6.86. The number of anilines is 1. The van der Waals surface area contributed by atoms with Crippen LogP contribution < -0.4 is 17.0 Å². The van der Waals surface area contributed by atoms with Gasteiger partial charge in [-0.25, -0.2) is 19.0 Å². The first-order valence-corrected chi connectivity index (χ1v) is 11.4. The second-order valence-corrected chi connectivity index (χ2v) is 8.89. The zero-order valence-electron chi connectivity index (χ0n) is 19.4. The number of para-hydroxylation sites is 1. The normalized spacial score (nSPS) is 14.9. The van der Waals surface area contributed by atoms with E-state index in [4.69, 9.17) is 11.5 Å². The highest BCUT2D eigenvalue weighted by Gasteiger charge is 2.35. The summed E-state index contributed by atoms with van der Waals surface area (Å²) >= 11 is 0. The van der Waals surface area contributed by atoms with Gasteiger partial charge >= 0.3 is 0 Å². The van der Waals surface area contributed by atoms with Gasteiger partial charge in [0.2, 0.25) is 0 Å². The molecule has 0 fully saturated rings. The van der Waals surface area contributed by atoms with E-state index < -0.39 is 17.3 Å². The van der Waals surface area contributed by atoms with Crippen LogP contribution in [0.4, 0.5) is 10.2 Å². The molecule has 0 saturated carbocycles. The van der Waals surface area contributed by atoms with E-state index in [1.54, 1.807) is 33.6 Å². The molecule has 0 bridgehead atoms. The lowest BCUT2D eigenvalue weighted by molar-refractivity contribution is 0.0998. The lowest BCUT2D eigenvalue weighted by Gasteiger charge is -2.13. The monoisotopic (exact) mass is 483 g/mol. The molecule has 0 spiro atoms. The average Bonchev–Trinajstić information content (AvgIpc) is 3.50. The van der Waals surface area contributed by atoms with Gasteiger partial charge in [0.25, 0.3) is 11.5 Å². The Morgan fingerprint density at radius 2 is 1.89 bits per heavy atom. The van der Waals surface area contributed by atoms with Crippen LogP contribution >= 0.6 is 0 Å². The molecule has 1 amide bonds. The van der Waals surface area contributed by atoms with Gasteiger partial charge in [-0.1, -0.05) is 30.3 Å². The van der Waals surface area contributed by atoms with Crippen LogP contribution in [0, 0.1) is 5.82 Å². The van der Waals surface area contributed by atoms with Crippen molar-refractivity contribution < 1.29 is 9.18 Å². The number of amides is 1. The minimum atomic E-state index is -0.798. The number of carbonyl (C=O) groups excluding carboxylic acids is 1. The summed E-state index contributed by atoms with van der Waals surface area (Å²) in [5.41, 5.74) is 14.5. The lowest BCUT2D eigenvalue weighted by atomic mass is 9.91. The van der Waals surface area contributed by atoms with Crippen LogP contribution in [0.2, 0.25) is 0 Å². The van der Waals surface area contributed by atoms with E-state index in [-0.39, 0.29) is 17.3 Å². The molecule has 4 heterocycles. The zero-order chi connectivity index (χ0) is 25.1. The maximum atomic E-state index is 15.6. The molecule has 4 N–H and O–H groups in total. The summed E-state index contributed by atoms with van der Waals surface area (Å²) < 4.78 is 20.6. The lowest BCUT2D eigenvalue weighted by Crippen LogP contribution is -2.26. The molecule has 36 heavy (non-hydrogen) atoms. The predicted octanol–water partition coefficient (Wildman–Crippen LogP) is 2.94. The molecule has 6 rings (SSSR count). The van der Waals surface area contributed by atoms with Crippen LogP contribution in [0.1, 0.15) is 34.0 Å². The molecule has 0 radical (unpaired) electrons. The van der Waals surface area contributed by atoms with E-state index in [1.165, 1.54) is 17.1 Å². The number of primary amides is 1. The minimum absolute atomic E-state index is 0.0650. The fraction of sp³-hybridized carbons (Fsp3) is 0.154. The minimum Gasteiger partial charge on any atom is -0.383 e. The highest BCUT2D eigenvalue weighted by atomic mass is 19.1. The van der Waals surface area contributed by atoms with Crippen LogP contribution in [0.25, 0.3) is 27.8 Å². The Morgan fingerprint density at radius 1 is 1.11 bits per heavy atom. The summed E-state index contributed by atoms with van der Waals surface area (Å²) in [6, 6.07) is 14.0. The maximum absolute atomic E-state index is 15.6. The van der Waals surface area contributed by atoms with Gasteiger partial charge < -0.3 is 16.0 Å². The number of hydrogen-bond donors (Lipinski definition) is 2. The van der Waals surface area contributed by atoms with Gasteiger partial charge in [0.1, 0.15) is 29.2 Å². The Balaban J connectivity index is 1.48. The fourth-order valence-electron chi connectivity index (χ4n) is 5.31. The highest BCUT2D eigenvalue weighted by Crippen LogP contribution is 2.39. The summed E-state index contributed by atoms with van der Waals surface area (Å²) in [5.74, 6) is -1.34. The molecule has 0 aliphatic carbocycles. The third kappa shape index (κ3) is 3.07. The van der Waals surface area contributed by atoms with Crippen LogP contribution in [0.3, 0.4) is 0 Å². The first-order valence-electron chi connectivity index (χ1n) is 11.4. The summed E-state index contributed by atoms with van der Waals surface area (Å²) in [4.78, 5) is 33.9. The van der Waals surface area contributed by atoms with Crippen LogP contribution in [-0.4, -0.2) is 29.8 Å². The number of nitrogens with two attached hydrogens (primary N) is 2. The van der Waals surface area contributed by atoms with E-state index in [0.29, 0.717) is 52.1 Å². The number of halogens is 1. The molecule has 1 aliphatic rings. The Hall–Kier alpha value is -4.73. The van der Waals surface area contributed by atoms with E-state index in [1.807, 2.05) is 31.3 Å². The first-order chi connectivity index (χ1) is 17.4. The number of nitrogens with zero attached hydrogens (tertiary/aromatic N) is 5. The molecule has 180 valence electrons. The van der Waals surface area contributed by atoms with Crippen molar-refractivity contribution in [2.24, 2.45) is 12.8 Å². The molecule has 5 aromatic rings. The molecule has 1 atom stereocenters. The Kier molecular flexibility index (Phi) is 4.78. The molecule has 3 aromatic heterocycles. The summed E-state index contributed by atoms with van der Waals surface area (Å²) in [5, 5.41) is 0.581. The Bertz CT molecular complexity index is 1730. The Labute approximate surface area is 204 Å². The van der Waals surface area contributed by atoms with Crippen LogP contribution in [0.5, 0.6) is 0 Å². The van der Waals surface area contributed by atoms with Gasteiger partial charge in [-0.3, -0.25) is 14.3 Å². The van der Waals surface area contributed by atoms with Crippen molar-refractivity contribution in [2.45, 2.75) is 18.9 Å². The van der Waals surface area contributed by atoms with E-state index in [0.717, 1.165) is 0 Å². The molecule has 2 aromatic carbocycles. The van der Waals surface area contributed by atoms with Gasteiger partial charge in [0.15, 0.2) is 0 Å². The highest BCUT2D eigenvalue weighted by molar-refractivity contribution is 6.00. The number of fused-ring (bicyclic) bond motifs is 2. The molecular formula is C26H22FN7O2. The van der Waals surface area contributed by atoms with Gasteiger partial charge in [0.05, 0.1) is 16.8 Å². The van der Waals surface area contributed by atoms with Gasteiger partial charge in [-0.05, 0) is 30.2 Å². The second kappa shape index (κ2) is 7.91. The molecule has 10 heteroatoms. The smallest absolute Gasteiger partial charge is 0.284 e. The van der Waals surface area contributed by atoms with Gasteiger partial charge in [-0.15, -0.1) is 0 Å². The van der Waals surface area contributed by atoms with Crippen molar-refractivity contribution in [1.29, 1.82) is 0 Å². The third-order valence-electron chi connectivity index (χ3n) is 6.86. The van der Waals surface area contributed by atoms with Crippen molar-refractivity contribution in [3.05, 3.63) is 94.0 Å². The summed E-state index contributed by atoms with van der Waals surface area (Å²) in [6.45, 7) is 0.484. The van der Waals surface area contributed by atoms with Gasteiger partial charge in [0, 0.05) is 36.8 Å². The maximum Gasteiger partial charge on any atom is 0.284 e. The second-order valence-electron chi connectivity index (χ2n) is 8.89. The van der Waals surface area contributed by atoms with E-state index >= 15 is 4.39 Å². The number of aromatic nitrogens is 5. The van der Waals surface area contributed by atoms with E-state index in [2.05, 4.69) is 9.97 Å². The predicted molar refractivity (Wildman–Crippen MR) is 133 cm³/mol. The molecular weight excluding hydrogens is 461 g/mol. The number of carbonyl (C=O) groups is 1. The first kappa shape index (κ1) is 21.8. The van der Waals surface area contributed by atoms with Crippen molar-refractivity contribution in [2.75, 3.05) is 5.73 Å². The standard InChI is InChI=1S/C26H22FN7O2/c1-32-12-18(20-23(28)30-13-31-25(20)32)17-8-7-14(11-19(17)27)16-9-10-33-22(16)21(24(29)35)26(36)34(33)15-5-3-2-4-6-15/h2-8,11-13,16H,9-10H2,1H3,(H2,29,35)(H2,28,30,31). The van der Waals surface area contributed by atoms with Gasteiger partial charge in [-0.2, -0.15) is 0 Å². The molecule has 9 nitrogen and oxygen atoms in total. The van der Waals surface area contributed by atoms with E-state index in [9.17, 15) is 9.59 Å². The van der Waals surface area contributed by atoms with Crippen LogP contribution in [-0.2, 0) is 13.6 Å². The number of aryl methyl sites for hydroxylation is 1. The van der Waals surface area contributed by atoms with Crippen molar-refractivity contribution in [1.82, 2.24) is 23.9 Å². The van der Waals surface area contributed by atoms with Crippen molar-refractivity contribution in [3.8, 4) is 16.8 Å². The summed E-state index contributed by atoms with van der Waals surface area (Å²) in [6.07, 6.45) is 3.74. The Morgan fingerprint density at radius 3 is 2.61 bits per heavy atom.